The Labute approximate surface area is 101 Å². The summed E-state index contributed by atoms with van der Waals surface area (Å²) in [5.41, 5.74) is 1.36. The molecule has 1 atom stereocenters. The fourth-order valence-corrected chi connectivity index (χ4v) is 1.37. The molecule has 0 bridgehead atoms. The quantitative estimate of drug-likeness (QED) is 0.729. The molecule has 1 rings (SSSR count). The fourth-order valence-electron chi connectivity index (χ4n) is 1.37. The first kappa shape index (κ1) is 13.2. The first-order valence-electron chi connectivity index (χ1n) is 5.33. The Morgan fingerprint density at radius 3 is 2.59 bits per heavy atom. The van der Waals surface area contributed by atoms with Crippen molar-refractivity contribution in [1.82, 2.24) is 0 Å². The number of nitriles is 1. The molecule has 0 amide bonds. The zero-order valence-electron chi connectivity index (χ0n) is 9.97. The number of carbonyl (C=O) groups is 1. The van der Waals surface area contributed by atoms with Gasteiger partial charge in [-0.2, -0.15) is 5.26 Å². The third-order valence-corrected chi connectivity index (χ3v) is 2.18. The molecule has 0 fully saturated rings. The Morgan fingerprint density at radius 2 is 2.06 bits per heavy atom. The largest absolute Gasteiger partial charge is 0.457 e. The molecule has 0 N–H and O–H groups in total. The maximum atomic E-state index is 11.7. The van der Waals surface area contributed by atoms with Crippen LogP contribution in [0.2, 0.25) is 0 Å². The molecule has 0 aliphatic heterocycles. The zero-order chi connectivity index (χ0) is 12.7. The number of benzene rings is 1. The predicted octanol–water partition coefficient (Wildman–Crippen LogP) is 1.94. The number of nitrogens with zero attached hydrogens (tertiary/aromatic N) is 1. The van der Waals surface area contributed by atoms with Crippen LogP contribution in [0.5, 0.6) is 0 Å². The minimum Gasteiger partial charge on any atom is -0.457 e. The van der Waals surface area contributed by atoms with E-state index in [2.05, 4.69) is 0 Å². The summed E-state index contributed by atoms with van der Waals surface area (Å²) in [6.07, 6.45) is 0.0707. The summed E-state index contributed by atoms with van der Waals surface area (Å²) in [6, 6.07) is 8.87. The summed E-state index contributed by atoms with van der Waals surface area (Å²) in [5, 5.41) is 8.52. The molecule has 0 heterocycles. The molecule has 0 saturated heterocycles. The van der Waals surface area contributed by atoms with Crippen molar-refractivity contribution in [3.8, 4) is 6.07 Å². The minimum atomic E-state index is -0.377. The number of hydrogen-bond donors (Lipinski definition) is 0. The van der Waals surface area contributed by atoms with Crippen molar-refractivity contribution >= 4 is 5.97 Å². The van der Waals surface area contributed by atoms with Crippen molar-refractivity contribution in [3.05, 3.63) is 35.4 Å². The van der Waals surface area contributed by atoms with Gasteiger partial charge in [0.2, 0.25) is 0 Å². The van der Waals surface area contributed by atoms with Crippen LogP contribution in [0.3, 0.4) is 0 Å². The lowest BCUT2D eigenvalue weighted by atomic mass is 10.1. The van der Waals surface area contributed by atoms with E-state index < -0.39 is 0 Å². The summed E-state index contributed by atoms with van der Waals surface area (Å²) in [6.45, 7) is 2.14. The van der Waals surface area contributed by atoms with Crippen molar-refractivity contribution in [2.75, 3.05) is 13.7 Å². The molecule has 1 aromatic rings. The molecular weight excluding hydrogens is 218 g/mol. The number of ether oxygens (including phenoxy) is 2. The van der Waals surface area contributed by atoms with E-state index in [9.17, 15) is 4.79 Å². The Morgan fingerprint density at radius 1 is 1.41 bits per heavy atom. The van der Waals surface area contributed by atoms with Gasteiger partial charge in [0.1, 0.15) is 6.10 Å². The summed E-state index contributed by atoms with van der Waals surface area (Å²) in [4.78, 5) is 11.7. The van der Waals surface area contributed by atoms with Gasteiger partial charge in [-0.1, -0.05) is 12.1 Å². The highest BCUT2D eigenvalue weighted by Crippen LogP contribution is 2.08. The molecule has 0 saturated carbocycles. The highest BCUT2D eigenvalue weighted by atomic mass is 16.6. The van der Waals surface area contributed by atoms with Crippen LogP contribution < -0.4 is 0 Å². The van der Waals surface area contributed by atoms with Crippen molar-refractivity contribution in [2.45, 2.75) is 19.4 Å². The van der Waals surface area contributed by atoms with Crippen molar-refractivity contribution in [2.24, 2.45) is 0 Å². The van der Waals surface area contributed by atoms with E-state index in [-0.39, 0.29) is 12.1 Å². The molecule has 0 radical (unpaired) electrons. The van der Waals surface area contributed by atoms with Gasteiger partial charge >= 0.3 is 5.97 Å². The van der Waals surface area contributed by atoms with E-state index in [0.29, 0.717) is 18.6 Å². The standard InChI is InChI=1S/C13H15NO3/c1-10(9-16-2)17-13(15)12-5-3-11(4-6-12)7-8-14/h3-6,10H,7,9H2,1-2H3. The topological polar surface area (TPSA) is 59.3 Å². The first-order chi connectivity index (χ1) is 8.17. The highest BCUT2D eigenvalue weighted by molar-refractivity contribution is 5.89. The third kappa shape index (κ3) is 4.25. The molecule has 90 valence electrons. The molecule has 0 spiro atoms. The molecule has 1 unspecified atom stereocenters. The summed E-state index contributed by atoms with van der Waals surface area (Å²) in [7, 11) is 1.56. The highest BCUT2D eigenvalue weighted by Gasteiger charge is 2.11. The minimum absolute atomic E-state index is 0.272. The lowest BCUT2D eigenvalue weighted by Crippen LogP contribution is -2.19. The van der Waals surface area contributed by atoms with Crippen LogP contribution in [-0.4, -0.2) is 25.8 Å². The van der Waals surface area contributed by atoms with Crippen molar-refractivity contribution < 1.29 is 14.3 Å². The third-order valence-electron chi connectivity index (χ3n) is 2.18. The van der Waals surface area contributed by atoms with Crippen LogP contribution >= 0.6 is 0 Å². The van der Waals surface area contributed by atoms with Gasteiger partial charge in [0, 0.05) is 7.11 Å². The molecule has 1 aromatic carbocycles. The normalized spacial score (nSPS) is 11.6. The van der Waals surface area contributed by atoms with Crippen LogP contribution in [0.15, 0.2) is 24.3 Å². The van der Waals surface area contributed by atoms with Crippen LogP contribution in [0, 0.1) is 11.3 Å². The maximum absolute atomic E-state index is 11.7. The van der Waals surface area contributed by atoms with E-state index in [1.807, 2.05) is 6.07 Å². The van der Waals surface area contributed by atoms with E-state index in [0.717, 1.165) is 5.56 Å². The number of esters is 1. The monoisotopic (exact) mass is 233 g/mol. The van der Waals surface area contributed by atoms with Crippen LogP contribution in [-0.2, 0) is 15.9 Å². The van der Waals surface area contributed by atoms with E-state index in [4.69, 9.17) is 14.7 Å². The van der Waals surface area contributed by atoms with Gasteiger partial charge in [-0.05, 0) is 24.6 Å². The Bertz CT molecular complexity index is 406. The van der Waals surface area contributed by atoms with Crippen molar-refractivity contribution in [1.29, 1.82) is 5.26 Å². The zero-order valence-corrected chi connectivity index (χ0v) is 9.97. The predicted molar refractivity (Wildman–Crippen MR) is 62.5 cm³/mol. The number of methoxy groups -OCH3 is 1. The summed E-state index contributed by atoms with van der Waals surface area (Å²) >= 11 is 0. The van der Waals surface area contributed by atoms with Gasteiger partial charge in [-0.15, -0.1) is 0 Å². The number of hydrogen-bond acceptors (Lipinski definition) is 4. The number of rotatable bonds is 5. The molecule has 0 aliphatic carbocycles. The lowest BCUT2D eigenvalue weighted by Gasteiger charge is -2.12. The SMILES string of the molecule is COCC(C)OC(=O)c1ccc(CC#N)cc1. The Kier molecular flexibility index (Phi) is 5.18. The molecule has 0 aromatic heterocycles. The molecule has 17 heavy (non-hydrogen) atoms. The van der Waals surface area contributed by atoms with E-state index in [1.165, 1.54) is 0 Å². The van der Waals surface area contributed by atoms with Crippen LogP contribution in [0.4, 0.5) is 0 Å². The maximum Gasteiger partial charge on any atom is 0.338 e. The van der Waals surface area contributed by atoms with Gasteiger partial charge in [0.05, 0.1) is 24.7 Å². The molecule has 4 nitrogen and oxygen atoms in total. The second-order valence-corrected chi connectivity index (χ2v) is 3.70. The molecule has 0 aliphatic rings. The van der Waals surface area contributed by atoms with E-state index >= 15 is 0 Å². The van der Waals surface area contributed by atoms with Crippen LogP contribution in [0.1, 0.15) is 22.8 Å². The van der Waals surface area contributed by atoms with Gasteiger partial charge in [-0.25, -0.2) is 4.79 Å². The van der Waals surface area contributed by atoms with Crippen molar-refractivity contribution in [3.63, 3.8) is 0 Å². The Balaban J connectivity index is 2.61. The second-order valence-electron chi connectivity index (χ2n) is 3.70. The van der Waals surface area contributed by atoms with Gasteiger partial charge in [0.25, 0.3) is 0 Å². The van der Waals surface area contributed by atoms with E-state index in [1.54, 1.807) is 38.3 Å². The van der Waals surface area contributed by atoms with Crippen LogP contribution in [0.25, 0.3) is 0 Å². The second kappa shape index (κ2) is 6.66. The molecular formula is C13H15NO3. The average Bonchev–Trinajstić information content (AvgIpc) is 2.30. The fraction of sp³-hybridized carbons (Fsp3) is 0.385. The average molecular weight is 233 g/mol. The smallest absolute Gasteiger partial charge is 0.338 e. The molecule has 4 heteroatoms. The summed E-state index contributed by atoms with van der Waals surface area (Å²) in [5.74, 6) is -0.377. The number of carbonyl (C=O) groups excluding carboxylic acids is 1. The first-order valence-corrected chi connectivity index (χ1v) is 5.33. The lowest BCUT2D eigenvalue weighted by molar-refractivity contribution is 0.0120. The summed E-state index contributed by atoms with van der Waals surface area (Å²) < 4.78 is 10.0. The Hall–Kier alpha value is -1.86. The van der Waals surface area contributed by atoms with Gasteiger partial charge < -0.3 is 9.47 Å². The van der Waals surface area contributed by atoms with Gasteiger partial charge in [0.15, 0.2) is 0 Å². The van der Waals surface area contributed by atoms with Gasteiger partial charge in [-0.3, -0.25) is 0 Å².